The highest BCUT2D eigenvalue weighted by Gasteiger charge is 2.21. The molecular weight excluding hydrogens is 404 g/mol. The van der Waals surface area contributed by atoms with Gasteiger partial charge in [-0.2, -0.15) is 4.98 Å². The van der Waals surface area contributed by atoms with Crippen molar-refractivity contribution in [3.05, 3.63) is 29.2 Å². The number of pyridine rings is 1. The normalized spacial score (nSPS) is 14.1. The lowest BCUT2D eigenvalue weighted by Gasteiger charge is -2.28. The van der Waals surface area contributed by atoms with Crippen LogP contribution in [-0.2, 0) is 4.74 Å². The van der Waals surface area contributed by atoms with Crippen LogP contribution in [-0.4, -0.2) is 70.3 Å². The molecule has 0 spiro atoms. The molecule has 0 saturated carbocycles. The van der Waals surface area contributed by atoms with Gasteiger partial charge >= 0.3 is 6.09 Å². The highest BCUT2D eigenvalue weighted by atomic mass is 35.5. The van der Waals surface area contributed by atoms with Crippen molar-refractivity contribution in [3.8, 4) is 11.8 Å². The van der Waals surface area contributed by atoms with Crippen molar-refractivity contribution < 1.29 is 19.4 Å². The van der Waals surface area contributed by atoms with E-state index in [-0.39, 0.29) is 17.6 Å². The van der Waals surface area contributed by atoms with Crippen LogP contribution in [0, 0.1) is 5.41 Å². The minimum absolute atomic E-state index is 0.0556. The molecule has 13 heteroatoms. The smallest absolute Gasteiger partial charge is 0.410 e. The molecule has 0 unspecified atom stereocenters. The second-order valence-corrected chi connectivity index (χ2v) is 6.20. The summed E-state index contributed by atoms with van der Waals surface area (Å²) in [7, 11) is 1.66. The molecule has 2 aromatic heterocycles. The molecule has 0 aliphatic carbocycles. The zero-order chi connectivity index (χ0) is 20.8. The average molecular weight is 423 g/mol. The van der Waals surface area contributed by atoms with Crippen molar-refractivity contribution in [2.45, 2.75) is 0 Å². The molecule has 1 saturated heterocycles. The number of aromatic nitrogens is 3. The van der Waals surface area contributed by atoms with Crippen LogP contribution in [0.25, 0.3) is 0 Å². The van der Waals surface area contributed by atoms with E-state index in [0.717, 1.165) is 0 Å². The van der Waals surface area contributed by atoms with Gasteiger partial charge in [0.2, 0.25) is 11.7 Å². The van der Waals surface area contributed by atoms with E-state index in [1.807, 2.05) is 10.3 Å². The quantitative estimate of drug-likeness (QED) is 0.342. The summed E-state index contributed by atoms with van der Waals surface area (Å²) >= 11 is 5.85. The summed E-state index contributed by atoms with van der Waals surface area (Å²) in [6.45, 7) is 2.33. The maximum Gasteiger partial charge on any atom is 0.410 e. The molecule has 5 N–H and O–H groups in total. The molecule has 0 radical (unpaired) electrons. The first-order valence-electron chi connectivity index (χ1n) is 8.53. The van der Waals surface area contributed by atoms with E-state index < -0.39 is 11.9 Å². The molecule has 0 aromatic carbocycles. The minimum atomic E-state index is -1.40. The number of halogens is 1. The lowest BCUT2D eigenvalue weighted by atomic mass is 10.4. The molecule has 3 heterocycles. The fraction of sp³-hybridized carbons (Fsp3) is 0.312. The van der Waals surface area contributed by atoms with E-state index in [2.05, 4.69) is 25.7 Å². The van der Waals surface area contributed by atoms with Crippen molar-refractivity contribution in [1.82, 2.24) is 25.3 Å². The van der Waals surface area contributed by atoms with Gasteiger partial charge in [-0.15, -0.1) is 0 Å². The van der Waals surface area contributed by atoms with E-state index in [1.165, 1.54) is 6.20 Å². The maximum absolute atomic E-state index is 10.9. The van der Waals surface area contributed by atoms with Gasteiger partial charge in [0.15, 0.2) is 11.7 Å². The number of hydrazine groups is 1. The van der Waals surface area contributed by atoms with Crippen molar-refractivity contribution >= 4 is 35.0 Å². The number of carboxylic acid groups (broad SMARTS) is 1. The second-order valence-electron chi connectivity index (χ2n) is 5.76. The van der Waals surface area contributed by atoms with E-state index in [1.54, 1.807) is 19.2 Å². The van der Waals surface area contributed by atoms with Gasteiger partial charge in [-0.25, -0.2) is 19.8 Å². The van der Waals surface area contributed by atoms with Crippen molar-refractivity contribution in [1.29, 1.82) is 5.41 Å². The second kappa shape index (κ2) is 9.32. The number of amidine groups is 1. The van der Waals surface area contributed by atoms with Gasteiger partial charge in [0, 0.05) is 32.4 Å². The van der Waals surface area contributed by atoms with Crippen molar-refractivity contribution in [2.75, 3.05) is 44.1 Å². The maximum atomic E-state index is 10.9. The Balaban J connectivity index is 1.98. The molecule has 1 fully saturated rings. The van der Waals surface area contributed by atoms with Gasteiger partial charge in [0.25, 0.3) is 5.88 Å². The molecular formula is C16H19ClN8O4. The number of hydrogen-bond acceptors (Lipinski definition) is 10. The number of hydrogen-bond donors (Lipinski definition) is 5. The number of morpholine rings is 1. The molecule has 1 aliphatic rings. The van der Waals surface area contributed by atoms with Crippen LogP contribution in [0.2, 0.25) is 5.02 Å². The first-order valence-corrected chi connectivity index (χ1v) is 8.91. The number of carbonyl (C=O) groups is 1. The predicted molar refractivity (Wildman–Crippen MR) is 105 cm³/mol. The number of anilines is 2. The lowest BCUT2D eigenvalue weighted by molar-refractivity contribution is 0.0495. The summed E-state index contributed by atoms with van der Waals surface area (Å²) in [5.74, 6) is -0.101. The van der Waals surface area contributed by atoms with Gasteiger partial charge in [-0.3, -0.25) is 10.7 Å². The fourth-order valence-electron chi connectivity index (χ4n) is 2.44. The highest BCUT2D eigenvalue weighted by Crippen LogP contribution is 2.32. The Bertz CT molecular complexity index is 889. The third-order valence-electron chi connectivity index (χ3n) is 3.76. The topological polar surface area (TPSA) is 158 Å². The number of amides is 1. The Morgan fingerprint density at radius 1 is 1.34 bits per heavy atom. The summed E-state index contributed by atoms with van der Waals surface area (Å²) in [5, 5.41) is 24.0. The summed E-state index contributed by atoms with van der Waals surface area (Å²) < 4.78 is 11.1. The monoisotopic (exact) mass is 422 g/mol. The van der Waals surface area contributed by atoms with E-state index in [9.17, 15) is 4.79 Å². The van der Waals surface area contributed by atoms with Crippen LogP contribution >= 0.6 is 11.6 Å². The largest absolute Gasteiger partial charge is 0.465 e. The Morgan fingerprint density at radius 2 is 2.10 bits per heavy atom. The number of rotatable bonds is 6. The fourth-order valence-corrected chi connectivity index (χ4v) is 2.55. The Kier molecular flexibility index (Phi) is 6.59. The van der Waals surface area contributed by atoms with Gasteiger partial charge in [-0.1, -0.05) is 11.6 Å². The average Bonchev–Trinajstić information content (AvgIpc) is 2.70. The van der Waals surface area contributed by atoms with Crippen LogP contribution in [0.1, 0.15) is 5.82 Å². The molecule has 154 valence electrons. The lowest BCUT2D eigenvalue weighted by Crippen LogP contribution is -2.41. The van der Waals surface area contributed by atoms with Gasteiger partial charge in [0.05, 0.1) is 18.2 Å². The molecule has 0 bridgehead atoms. The number of nitrogens with one attached hydrogen (secondary N) is 4. The molecule has 1 amide bonds. The number of ether oxygens (including phenoxy) is 2. The summed E-state index contributed by atoms with van der Waals surface area (Å²) in [6.07, 6.45) is 0.0136. The first kappa shape index (κ1) is 20.5. The van der Waals surface area contributed by atoms with Crippen LogP contribution in [0.3, 0.4) is 0 Å². The molecule has 29 heavy (non-hydrogen) atoms. The predicted octanol–water partition coefficient (Wildman–Crippen LogP) is 1.61. The van der Waals surface area contributed by atoms with Crippen LogP contribution in [0.5, 0.6) is 11.8 Å². The minimum Gasteiger partial charge on any atom is -0.465 e. The van der Waals surface area contributed by atoms with Crippen molar-refractivity contribution in [3.63, 3.8) is 0 Å². The SMILES string of the molecule is CNc1c(NN2CCOCC2)nc(C(=N)NC(=O)O)nc1Oc1ccc(Cl)cn1. The van der Waals surface area contributed by atoms with Gasteiger partial charge < -0.3 is 25.3 Å². The standard InChI is InChI=1S/C16H19ClN8O4/c1-19-11-13(24-25-4-6-28-7-5-25)22-14(12(18)21-16(26)27)23-15(11)29-10-3-2-9(17)8-20-10/h2-3,8,19H,4-7H2,1H3,(H2,18,21)(H,26,27)(H,22,23,24). The zero-order valence-electron chi connectivity index (χ0n) is 15.4. The zero-order valence-corrected chi connectivity index (χ0v) is 16.2. The van der Waals surface area contributed by atoms with E-state index in [0.29, 0.717) is 42.8 Å². The third kappa shape index (κ3) is 5.40. The Labute approximate surface area is 170 Å². The summed E-state index contributed by atoms with van der Waals surface area (Å²) in [6, 6.07) is 3.16. The first-order chi connectivity index (χ1) is 14.0. The highest BCUT2D eigenvalue weighted by molar-refractivity contribution is 6.30. The molecule has 2 aromatic rings. The third-order valence-corrected chi connectivity index (χ3v) is 3.98. The van der Waals surface area contributed by atoms with Gasteiger partial charge in [-0.05, 0) is 6.07 Å². The number of nitrogens with zero attached hydrogens (tertiary/aromatic N) is 4. The van der Waals surface area contributed by atoms with E-state index >= 15 is 0 Å². The molecule has 12 nitrogen and oxygen atoms in total. The van der Waals surface area contributed by atoms with Crippen molar-refractivity contribution in [2.24, 2.45) is 0 Å². The van der Waals surface area contributed by atoms with E-state index in [4.69, 9.17) is 31.6 Å². The van der Waals surface area contributed by atoms with Crippen LogP contribution in [0.4, 0.5) is 16.3 Å². The molecule has 1 aliphatic heterocycles. The van der Waals surface area contributed by atoms with Crippen LogP contribution in [0.15, 0.2) is 18.3 Å². The molecule has 0 atom stereocenters. The molecule has 3 rings (SSSR count). The Morgan fingerprint density at radius 3 is 2.72 bits per heavy atom. The summed E-state index contributed by atoms with van der Waals surface area (Å²) in [4.78, 5) is 23.4. The van der Waals surface area contributed by atoms with Gasteiger partial charge in [0.1, 0.15) is 5.69 Å². The van der Waals surface area contributed by atoms with Crippen LogP contribution < -0.4 is 20.8 Å². The Hall–Kier alpha value is -3.22. The summed E-state index contributed by atoms with van der Waals surface area (Å²) in [5.41, 5.74) is 3.53.